The van der Waals surface area contributed by atoms with E-state index >= 15 is 0 Å². The molecule has 0 N–H and O–H groups in total. The first-order chi connectivity index (χ1) is 7.56. The predicted octanol–water partition coefficient (Wildman–Crippen LogP) is 2.90. The fourth-order valence-electron chi connectivity index (χ4n) is 1.06. The van der Waals surface area contributed by atoms with Gasteiger partial charge in [-0.05, 0) is 18.6 Å². The van der Waals surface area contributed by atoms with Crippen LogP contribution in [0.2, 0.25) is 0 Å². The van der Waals surface area contributed by atoms with Crippen LogP contribution >= 0.6 is 0 Å². The molecule has 1 rings (SSSR count). The Hall–Kier alpha value is -1.71. The Bertz CT molecular complexity index is 372. The highest BCUT2D eigenvalue weighted by Crippen LogP contribution is 2.19. The van der Waals surface area contributed by atoms with Gasteiger partial charge in [-0.1, -0.05) is 36.4 Å². The molecule has 0 aromatic heterocycles. The van der Waals surface area contributed by atoms with Crippen LogP contribution in [0, 0.1) is 0 Å². The number of hydrogen-bond acceptors (Lipinski definition) is 2. The van der Waals surface area contributed by atoms with Gasteiger partial charge >= 0.3 is 11.9 Å². The minimum Gasteiger partial charge on any atom is -0.461 e. The van der Waals surface area contributed by atoms with Crippen molar-refractivity contribution in [1.82, 2.24) is 0 Å². The van der Waals surface area contributed by atoms with Gasteiger partial charge in [-0.3, -0.25) is 0 Å². The average molecular weight is 226 g/mol. The molecule has 0 heterocycles. The van der Waals surface area contributed by atoms with Crippen molar-refractivity contribution >= 4 is 12.0 Å². The van der Waals surface area contributed by atoms with Crippen molar-refractivity contribution < 1.29 is 18.3 Å². The van der Waals surface area contributed by atoms with E-state index in [2.05, 4.69) is 4.74 Å². The molecular formula is C12H12F2O2. The van der Waals surface area contributed by atoms with Gasteiger partial charge in [0, 0.05) is 0 Å². The second kappa shape index (κ2) is 5.39. The zero-order valence-corrected chi connectivity index (χ0v) is 8.82. The largest absolute Gasteiger partial charge is 0.461 e. The van der Waals surface area contributed by atoms with Gasteiger partial charge < -0.3 is 4.74 Å². The molecule has 0 unspecified atom stereocenters. The SMILES string of the molecule is CCOC(=O)C(F)(F)/C=C/c1ccccc1. The number of alkyl halides is 2. The molecule has 0 aliphatic rings. The Morgan fingerprint density at radius 2 is 2.00 bits per heavy atom. The first kappa shape index (κ1) is 12.4. The maximum atomic E-state index is 13.1. The quantitative estimate of drug-likeness (QED) is 0.738. The molecule has 16 heavy (non-hydrogen) atoms. The average Bonchev–Trinajstić information content (AvgIpc) is 2.28. The summed E-state index contributed by atoms with van der Waals surface area (Å²) in [6.07, 6.45) is 1.73. The van der Waals surface area contributed by atoms with Gasteiger partial charge in [-0.15, -0.1) is 0 Å². The second-order valence-electron chi connectivity index (χ2n) is 3.09. The fraction of sp³-hybridized carbons (Fsp3) is 0.250. The van der Waals surface area contributed by atoms with Gasteiger partial charge in [0.25, 0.3) is 0 Å². The number of benzene rings is 1. The van der Waals surface area contributed by atoms with E-state index in [4.69, 9.17) is 0 Å². The molecule has 0 atom stereocenters. The normalized spacial score (nSPS) is 11.7. The Labute approximate surface area is 92.5 Å². The van der Waals surface area contributed by atoms with E-state index in [1.165, 1.54) is 13.0 Å². The van der Waals surface area contributed by atoms with Gasteiger partial charge in [0.2, 0.25) is 0 Å². The second-order valence-corrected chi connectivity index (χ2v) is 3.09. The molecule has 86 valence electrons. The highest BCUT2D eigenvalue weighted by Gasteiger charge is 2.37. The van der Waals surface area contributed by atoms with Crippen LogP contribution in [0.4, 0.5) is 8.78 Å². The number of halogens is 2. The summed E-state index contributed by atoms with van der Waals surface area (Å²) in [5.41, 5.74) is 0.603. The van der Waals surface area contributed by atoms with Crippen LogP contribution in [-0.4, -0.2) is 18.5 Å². The number of rotatable bonds is 4. The van der Waals surface area contributed by atoms with Crippen LogP contribution in [0.5, 0.6) is 0 Å². The van der Waals surface area contributed by atoms with Gasteiger partial charge in [-0.25, -0.2) is 4.79 Å². The number of carbonyl (C=O) groups excluding carboxylic acids is 1. The van der Waals surface area contributed by atoms with E-state index < -0.39 is 11.9 Å². The Morgan fingerprint density at radius 3 is 2.56 bits per heavy atom. The van der Waals surface area contributed by atoms with E-state index in [0.29, 0.717) is 11.6 Å². The third kappa shape index (κ3) is 3.46. The predicted molar refractivity (Wildman–Crippen MR) is 57.1 cm³/mol. The lowest BCUT2D eigenvalue weighted by Crippen LogP contribution is -2.28. The smallest absolute Gasteiger partial charge is 0.381 e. The van der Waals surface area contributed by atoms with Crippen LogP contribution < -0.4 is 0 Å². The highest BCUT2D eigenvalue weighted by atomic mass is 19.3. The summed E-state index contributed by atoms with van der Waals surface area (Å²) in [4.78, 5) is 10.9. The van der Waals surface area contributed by atoms with Crippen LogP contribution in [0.1, 0.15) is 12.5 Å². The van der Waals surface area contributed by atoms with Crippen molar-refractivity contribution in [3.63, 3.8) is 0 Å². The van der Waals surface area contributed by atoms with Crippen molar-refractivity contribution in [2.45, 2.75) is 12.8 Å². The van der Waals surface area contributed by atoms with Crippen molar-refractivity contribution in [2.75, 3.05) is 6.61 Å². The lowest BCUT2D eigenvalue weighted by molar-refractivity contribution is -0.164. The molecular weight excluding hydrogens is 214 g/mol. The van der Waals surface area contributed by atoms with Crippen molar-refractivity contribution in [3.8, 4) is 0 Å². The number of carbonyl (C=O) groups is 1. The molecule has 1 aromatic carbocycles. The zero-order chi connectivity index (χ0) is 12.0. The Morgan fingerprint density at radius 1 is 1.38 bits per heavy atom. The molecule has 2 nitrogen and oxygen atoms in total. The topological polar surface area (TPSA) is 26.3 Å². The molecule has 0 saturated carbocycles. The summed E-state index contributed by atoms with van der Waals surface area (Å²) in [5.74, 6) is -5.10. The fourth-order valence-corrected chi connectivity index (χ4v) is 1.06. The zero-order valence-electron chi connectivity index (χ0n) is 8.82. The standard InChI is InChI=1S/C12H12F2O2/c1-2-16-11(15)12(13,14)9-8-10-6-4-3-5-7-10/h3-9H,2H2,1H3/b9-8+. The summed E-state index contributed by atoms with van der Waals surface area (Å²) >= 11 is 0. The van der Waals surface area contributed by atoms with Crippen molar-refractivity contribution in [2.24, 2.45) is 0 Å². The van der Waals surface area contributed by atoms with Crippen LogP contribution in [0.25, 0.3) is 6.08 Å². The van der Waals surface area contributed by atoms with E-state index in [-0.39, 0.29) is 6.61 Å². The van der Waals surface area contributed by atoms with Crippen molar-refractivity contribution in [1.29, 1.82) is 0 Å². The molecule has 0 saturated heterocycles. The molecule has 0 fully saturated rings. The first-order valence-corrected chi connectivity index (χ1v) is 4.85. The Balaban J connectivity index is 2.72. The first-order valence-electron chi connectivity index (χ1n) is 4.85. The van der Waals surface area contributed by atoms with Crippen LogP contribution in [0.15, 0.2) is 36.4 Å². The van der Waals surface area contributed by atoms with E-state index in [1.54, 1.807) is 30.3 Å². The van der Waals surface area contributed by atoms with Gasteiger partial charge in [0.15, 0.2) is 0 Å². The molecule has 1 aromatic rings. The summed E-state index contributed by atoms with van der Waals surface area (Å²) in [7, 11) is 0. The molecule has 0 aliphatic carbocycles. The van der Waals surface area contributed by atoms with E-state index in [9.17, 15) is 13.6 Å². The van der Waals surface area contributed by atoms with Crippen LogP contribution in [0.3, 0.4) is 0 Å². The minimum atomic E-state index is -3.58. The number of esters is 1. The highest BCUT2D eigenvalue weighted by molar-refractivity contribution is 5.81. The van der Waals surface area contributed by atoms with Crippen molar-refractivity contribution in [3.05, 3.63) is 42.0 Å². The molecule has 0 radical (unpaired) electrons. The molecule has 0 amide bonds. The lowest BCUT2D eigenvalue weighted by Gasteiger charge is -2.09. The summed E-state index contributed by atoms with van der Waals surface area (Å²) in [6.45, 7) is 1.42. The summed E-state index contributed by atoms with van der Waals surface area (Å²) in [6, 6.07) is 8.56. The minimum absolute atomic E-state index is 0.0619. The summed E-state index contributed by atoms with van der Waals surface area (Å²) in [5, 5.41) is 0. The number of ether oxygens (including phenoxy) is 1. The van der Waals surface area contributed by atoms with E-state index in [1.807, 2.05) is 0 Å². The van der Waals surface area contributed by atoms with Gasteiger partial charge in [0.05, 0.1) is 6.61 Å². The monoisotopic (exact) mass is 226 g/mol. The summed E-state index contributed by atoms with van der Waals surface area (Å²) < 4.78 is 30.5. The Kier molecular flexibility index (Phi) is 4.17. The lowest BCUT2D eigenvalue weighted by atomic mass is 10.2. The molecule has 4 heteroatoms. The van der Waals surface area contributed by atoms with Crippen LogP contribution in [-0.2, 0) is 9.53 Å². The number of hydrogen-bond donors (Lipinski definition) is 0. The molecule has 0 aliphatic heterocycles. The maximum absolute atomic E-state index is 13.1. The maximum Gasteiger partial charge on any atom is 0.381 e. The third-order valence-corrected chi connectivity index (χ3v) is 1.83. The van der Waals surface area contributed by atoms with Gasteiger partial charge in [-0.2, -0.15) is 8.78 Å². The molecule has 0 bridgehead atoms. The third-order valence-electron chi connectivity index (χ3n) is 1.83. The van der Waals surface area contributed by atoms with Gasteiger partial charge in [0.1, 0.15) is 0 Å². The van der Waals surface area contributed by atoms with E-state index in [0.717, 1.165) is 0 Å². The molecule has 0 spiro atoms.